The average molecular weight is 304 g/mol. The van der Waals surface area contributed by atoms with Crippen LogP contribution in [-0.2, 0) is 12.8 Å². The zero-order valence-corrected chi connectivity index (χ0v) is 14.2. The predicted octanol–water partition coefficient (Wildman–Crippen LogP) is 2.99. The highest BCUT2D eigenvalue weighted by Crippen LogP contribution is 2.15. The van der Waals surface area contributed by atoms with Crippen LogP contribution in [-0.4, -0.2) is 28.0 Å². The highest BCUT2D eigenvalue weighted by Gasteiger charge is 2.10. The molecule has 0 aliphatic rings. The molecule has 0 saturated heterocycles. The number of nitrogens with one attached hydrogen (secondary N) is 1. The van der Waals surface area contributed by atoms with Gasteiger partial charge >= 0.3 is 0 Å². The number of hydrogen-bond acceptors (Lipinski definition) is 5. The second-order valence-electron chi connectivity index (χ2n) is 5.35. The van der Waals surface area contributed by atoms with Crippen LogP contribution in [0, 0.1) is 20.8 Å². The molecule has 0 fully saturated rings. The fraction of sp³-hybridized carbons (Fsp3) is 0.562. The van der Waals surface area contributed by atoms with Crippen LogP contribution in [0.25, 0.3) is 0 Å². The maximum atomic E-state index is 4.67. The topological polar surface area (TPSA) is 50.7 Å². The molecule has 4 nitrogen and oxygen atoms in total. The van der Waals surface area contributed by atoms with Crippen LogP contribution < -0.4 is 5.32 Å². The number of rotatable bonds is 7. The van der Waals surface area contributed by atoms with Gasteiger partial charge in [-0.3, -0.25) is 0 Å². The molecule has 114 valence electrons. The first-order valence-electron chi connectivity index (χ1n) is 7.55. The fourth-order valence-electron chi connectivity index (χ4n) is 2.38. The van der Waals surface area contributed by atoms with Gasteiger partial charge in [0.2, 0.25) is 0 Å². The van der Waals surface area contributed by atoms with Gasteiger partial charge in [0.25, 0.3) is 0 Å². The SMILES string of the molecule is CCCNCCc1c(C)nc(Cc2nc(C)cs2)nc1C. The van der Waals surface area contributed by atoms with Crippen molar-refractivity contribution in [2.75, 3.05) is 13.1 Å². The van der Waals surface area contributed by atoms with Gasteiger partial charge in [-0.15, -0.1) is 11.3 Å². The van der Waals surface area contributed by atoms with E-state index in [1.165, 1.54) is 12.0 Å². The van der Waals surface area contributed by atoms with Crippen molar-refractivity contribution in [3.05, 3.63) is 38.9 Å². The standard InChI is InChI=1S/C16H24N4S/c1-5-7-17-8-6-14-12(3)19-15(20-13(14)4)9-16-18-11(2)10-21-16/h10,17H,5-9H2,1-4H3. The van der Waals surface area contributed by atoms with E-state index in [1.54, 1.807) is 11.3 Å². The van der Waals surface area contributed by atoms with Crippen LogP contribution in [0.15, 0.2) is 5.38 Å². The molecule has 2 heterocycles. The Hall–Kier alpha value is -1.33. The molecule has 0 aliphatic carbocycles. The van der Waals surface area contributed by atoms with E-state index in [0.717, 1.165) is 53.8 Å². The zero-order chi connectivity index (χ0) is 15.2. The lowest BCUT2D eigenvalue weighted by Crippen LogP contribution is -2.19. The van der Waals surface area contributed by atoms with Crippen LogP contribution in [0.2, 0.25) is 0 Å². The van der Waals surface area contributed by atoms with Crippen LogP contribution in [0.1, 0.15) is 46.8 Å². The summed E-state index contributed by atoms with van der Waals surface area (Å²) in [4.78, 5) is 13.8. The van der Waals surface area contributed by atoms with Gasteiger partial charge in [0.1, 0.15) is 10.8 Å². The van der Waals surface area contributed by atoms with Crippen LogP contribution in [0.3, 0.4) is 0 Å². The van der Waals surface area contributed by atoms with E-state index in [0.29, 0.717) is 0 Å². The summed E-state index contributed by atoms with van der Waals surface area (Å²) in [7, 11) is 0. The summed E-state index contributed by atoms with van der Waals surface area (Å²) in [5.41, 5.74) is 4.55. The molecule has 0 atom stereocenters. The minimum atomic E-state index is 0.731. The molecule has 21 heavy (non-hydrogen) atoms. The third-order valence-corrected chi connectivity index (χ3v) is 4.39. The van der Waals surface area contributed by atoms with Gasteiger partial charge in [0, 0.05) is 22.5 Å². The molecule has 0 saturated carbocycles. The monoisotopic (exact) mass is 304 g/mol. The molecular weight excluding hydrogens is 280 g/mol. The van der Waals surface area contributed by atoms with Crippen LogP contribution in [0.4, 0.5) is 0 Å². The second-order valence-corrected chi connectivity index (χ2v) is 6.29. The van der Waals surface area contributed by atoms with E-state index in [-0.39, 0.29) is 0 Å². The molecule has 2 aromatic heterocycles. The summed E-state index contributed by atoms with van der Waals surface area (Å²) in [5.74, 6) is 0.879. The van der Waals surface area contributed by atoms with Crippen molar-refractivity contribution in [1.29, 1.82) is 0 Å². The molecule has 2 rings (SSSR count). The van der Waals surface area contributed by atoms with Gasteiger partial charge in [-0.25, -0.2) is 15.0 Å². The summed E-state index contributed by atoms with van der Waals surface area (Å²) in [6.45, 7) is 10.4. The normalized spacial score (nSPS) is 11.0. The first-order valence-corrected chi connectivity index (χ1v) is 8.42. The summed E-state index contributed by atoms with van der Waals surface area (Å²) in [6, 6.07) is 0. The van der Waals surface area contributed by atoms with E-state index in [9.17, 15) is 0 Å². The molecule has 0 aliphatic heterocycles. The van der Waals surface area contributed by atoms with Crippen molar-refractivity contribution < 1.29 is 0 Å². The number of hydrogen-bond donors (Lipinski definition) is 1. The van der Waals surface area contributed by atoms with Crippen molar-refractivity contribution in [3.8, 4) is 0 Å². The number of aromatic nitrogens is 3. The third kappa shape index (κ3) is 4.58. The highest BCUT2D eigenvalue weighted by atomic mass is 32.1. The highest BCUT2D eigenvalue weighted by molar-refractivity contribution is 7.09. The fourth-order valence-corrected chi connectivity index (χ4v) is 3.15. The minimum Gasteiger partial charge on any atom is -0.316 e. The summed E-state index contributed by atoms with van der Waals surface area (Å²) in [6.07, 6.45) is 2.89. The molecule has 1 N–H and O–H groups in total. The van der Waals surface area contributed by atoms with Gasteiger partial charge in [-0.2, -0.15) is 0 Å². The lowest BCUT2D eigenvalue weighted by atomic mass is 10.1. The largest absolute Gasteiger partial charge is 0.316 e. The second kappa shape index (κ2) is 7.61. The molecular formula is C16H24N4S. The molecule has 0 radical (unpaired) electrons. The first kappa shape index (κ1) is 16.0. The van der Waals surface area contributed by atoms with E-state index < -0.39 is 0 Å². The van der Waals surface area contributed by atoms with Gasteiger partial charge in [0.05, 0.1) is 6.42 Å². The van der Waals surface area contributed by atoms with Crippen molar-refractivity contribution in [2.24, 2.45) is 0 Å². The van der Waals surface area contributed by atoms with Crippen LogP contribution >= 0.6 is 11.3 Å². The van der Waals surface area contributed by atoms with E-state index in [4.69, 9.17) is 0 Å². The summed E-state index contributed by atoms with van der Waals surface area (Å²) in [5, 5.41) is 6.59. The van der Waals surface area contributed by atoms with Gasteiger partial charge in [0.15, 0.2) is 0 Å². The Morgan fingerprint density at radius 2 is 1.76 bits per heavy atom. The molecule has 0 spiro atoms. The number of nitrogens with zero attached hydrogens (tertiary/aromatic N) is 3. The molecule has 0 unspecified atom stereocenters. The maximum absolute atomic E-state index is 4.67. The maximum Gasteiger partial charge on any atom is 0.135 e. The lowest BCUT2D eigenvalue weighted by molar-refractivity contribution is 0.665. The smallest absolute Gasteiger partial charge is 0.135 e. The summed E-state index contributed by atoms with van der Waals surface area (Å²) < 4.78 is 0. The number of thiazole rings is 1. The van der Waals surface area contributed by atoms with Gasteiger partial charge in [-0.1, -0.05) is 6.92 Å². The van der Waals surface area contributed by atoms with E-state index >= 15 is 0 Å². The molecule has 0 amide bonds. The average Bonchev–Trinajstić information content (AvgIpc) is 2.82. The Bertz CT molecular complexity index is 569. The van der Waals surface area contributed by atoms with Crippen molar-refractivity contribution in [3.63, 3.8) is 0 Å². The van der Waals surface area contributed by atoms with Crippen molar-refractivity contribution in [2.45, 2.75) is 47.0 Å². The Labute approximate surface area is 131 Å². The predicted molar refractivity (Wildman–Crippen MR) is 88.0 cm³/mol. The quantitative estimate of drug-likeness (QED) is 0.799. The Balaban J connectivity index is 2.05. The van der Waals surface area contributed by atoms with Crippen molar-refractivity contribution >= 4 is 11.3 Å². The Kier molecular flexibility index (Phi) is 5.82. The zero-order valence-electron chi connectivity index (χ0n) is 13.4. The lowest BCUT2D eigenvalue weighted by Gasteiger charge is -2.11. The molecule has 5 heteroatoms. The summed E-state index contributed by atoms with van der Waals surface area (Å²) >= 11 is 1.68. The van der Waals surface area contributed by atoms with E-state index in [1.807, 2.05) is 6.92 Å². The molecule has 2 aromatic rings. The van der Waals surface area contributed by atoms with Gasteiger partial charge < -0.3 is 5.32 Å². The third-order valence-electron chi connectivity index (χ3n) is 3.42. The van der Waals surface area contributed by atoms with Crippen LogP contribution in [0.5, 0.6) is 0 Å². The molecule has 0 bridgehead atoms. The van der Waals surface area contributed by atoms with E-state index in [2.05, 4.69) is 46.4 Å². The van der Waals surface area contributed by atoms with Crippen molar-refractivity contribution in [1.82, 2.24) is 20.3 Å². The molecule has 0 aromatic carbocycles. The first-order chi connectivity index (χ1) is 10.1. The Morgan fingerprint density at radius 3 is 2.33 bits per heavy atom. The number of aryl methyl sites for hydroxylation is 3. The minimum absolute atomic E-state index is 0.731. The Morgan fingerprint density at radius 1 is 1.05 bits per heavy atom. The van der Waals surface area contributed by atoms with Gasteiger partial charge in [-0.05, 0) is 52.3 Å².